The molecule has 0 atom stereocenters. The normalized spacial score (nSPS) is 12.0. The molecule has 4 N–H and O–H groups in total. The lowest BCUT2D eigenvalue weighted by molar-refractivity contribution is 0.0946. The molecule has 0 saturated carbocycles. The molecule has 0 spiro atoms. The molecule has 1 amide bonds. The quantitative estimate of drug-likeness (QED) is 0.642. The minimum absolute atomic E-state index is 0.0973. The molecule has 0 radical (unpaired) electrons. The maximum Gasteiger partial charge on any atom is 0.251 e. The van der Waals surface area contributed by atoms with Crippen LogP contribution in [0, 0.1) is 0 Å². The Bertz CT molecular complexity index is 601. The fraction of sp³-hybridized carbons (Fsp3) is 0.357. The smallest absolute Gasteiger partial charge is 0.251 e. The van der Waals surface area contributed by atoms with Crippen molar-refractivity contribution in [2.45, 2.75) is 24.3 Å². The van der Waals surface area contributed by atoms with Gasteiger partial charge in [0.2, 0.25) is 10.0 Å². The highest BCUT2D eigenvalue weighted by Gasteiger charge is 2.15. The lowest BCUT2D eigenvalue weighted by atomic mass is 10.1. The van der Waals surface area contributed by atoms with Crippen molar-refractivity contribution >= 4 is 15.9 Å². The predicted molar refractivity (Wildman–Crippen MR) is 82.4 cm³/mol. The Morgan fingerprint density at radius 3 is 2.38 bits per heavy atom. The third kappa shape index (κ3) is 5.66. The van der Waals surface area contributed by atoms with E-state index in [0.717, 1.165) is 0 Å². The van der Waals surface area contributed by atoms with Gasteiger partial charge in [-0.05, 0) is 38.1 Å². The van der Waals surface area contributed by atoms with Crippen LogP contribution in [0.5, 0.6) is 0 Å². The molecule has 0 heterocycles. The first-order chi connectivity index (χ1) is 9.65. The minimum Gasteiger partial charge on any atom is -0.350 e. The van der Waals surface area contributed by atoms with E-state index in [0.29, 0.717) is 12.1 Å². The van der Waals surface area contributed by atoms with E-state index in [1.54, 1.807) is 13.8 Å². The first-order valence-electron chi connectivity index (χ1n) is 6.43. The zero-order chi connectivity index (χ0) is 16.1. The van der Waals surface area contributed by atoms with Crippen molar-refractivity contribution in [3.8, 4) is 0 Å². The molecule has 0 unspecified atom stereocenters. The molecular formula is C14H21N3O3S. The van der Waals surface area contributed by atoms with Crippen LogP contribution in [0.25, 0.3) is 0 Å². The molecule has 0 aromatic heterocycles. The largest absolute Gasteiger partial charge is 0.350 e. The summed E-state index contributed by atoms with van der Waals surface area (Å²) >= 11 is 0. The number of sulfonamides is 1. The second-order valence-corrected chi connectivity index (χ2v) is 7.10. The average Bonchev–Trinajstić information content (AvgIpc) is 2.42. The molecule has 0 fully saturated rings. The number of nitrogens with one attached hydrogen (secondary N) is 2. The third-order valence-electron chi connectivity index (χ3n) is 2.55. The fourth-order valence-electron chi connectivity index (χ4n) is 1.45. The molecular weight excluding hydrogens is 290 g/mol. The van der Waals surface area contributed by atoms with Crippen molar-refractivity contribution in [2.75, 3.05) is 13.1 Å². The van der Waals surface area contributed by atoms with Gasteiger partial charge in [0.05, 0.1) is 4.90 Å². The first kappa shape index (κ1) is 17.4. The Hall–Kier alpha value is -1.70. The monoisotopic (exact) mass is 311 g/mol. The van der Waals surface area contributed by atoms with Crippen molar-refractivity contribution < 1.29 is 13.2 Å². The van der Waals surface area contributed by atoms with E-state index in [9.17, 15) is 13.2 Å². The van der Waals surface area contributed by atoms with Crippen molar-refractivity contribution in [1.82, 2.24) is 10.0 Å². The van der Waals surface area contributed by atoms with Gasteiger partial charge in [-0.3, -0.25) is 4.79 Å². The molecule has 0 saturated heterocycles. The van der Waals surface area contributed by atoms with Crippen molar-refractivity contribution in [3.05, 3.63) is 42.5 Å². The van der Waals surface area contributed by atoms with Gasteiger partial charge in [0, 0.05) is 24.2 Å². The van der Waals surface area contributed by atoms with Crippen LogP contribution in [0.4, 0.5) is 0 Å². The van der Waals surface area contributed by atoms with Crippen LogP contribution in [0.2, 0.25) is 0 Å². The zero-order valence-electron chi connectivity index (χ0n) is 12.2. The molecule has 1 aromatic carbocycles. The maximum absolute atomic E-state index is 11.9. The predicted octanol–water partition coefficient (Wildman–Crippen LogP) is 0.618. The SMILES string of the molecule is C=CCNS(=O)(=O)c1ccc(C(=O)NCC(C)(C)N)cc1. The maximum atomic E-state index is 11.9. The van der Waals surface area contributed by atoms with Crippen molar-refractivity contribution in [3.63, 3.8) is 0 Å². The minimum atomic E-state index is -3.57. The summed E-state index contributed by atoms with van der Waals surface area (Å²) in [6.45, 7) is 7.52. The number of carbonyl (C=O) groups excluding carboxylic acids is 1. The fourth-order valence-corrected chi connectivity index (χ4v) is 2.45. The van der Waals surface area contributed by atoms with Crippen LogP contribution >= 0.6 is 0 Å². The molecule has 116 valence electrons. The molecule has 0 aliphatic carbocycles. The first-order valence-corrected chi connectivity index (χ1v) is 7.92. The molecule has 1 rings (SSSR count). The van der Waals surface area contributed by atoms with Gasteiger partial charge in [0.15, 0.2) is 0 Å². The molecule has 7 heteroatoms. The summed E-state index contributed by atoms with van der Waals surface area (Å²) < 4.78 is 26.1. The molecule has 1 aromatic rings. The summed E-state index contributed by atoms with van der Waals surface area (Å²) in [4.78, 5) is 12.0. The summed E-state index contributed by atoms with van der Waals surface area (Å²) in [5, 5.41) is 2.69. The van der Waals surface area contributed by atoms with Gasteiger partial charge in [-0.15, -0.1) is 6.58 Å². The van der Waals surface area contributed by atoms with Crippen LogP contribution in [0.3, 0.4) is 0 Å². The Kier molecular flexibility index (Phi) is 5.65. The van der Waals surface area contributed by atoms with Crippen molar-refractivity contribution in [2.24, 2.45) is 5.73 Å². The second kappa shape index (κ2) is 6.84. The Labute approximate surface area is 125 Å². The Morgan fingerprint density at radius 2 is 1.90 bits per heavy atom. The lowest BCUT2D eigenvalue weighted by Crippen LogP contribution is -2.45. The van der Waals surface area contributed by atoms with Gasteiger partial charge in [0.25, 0.3) is 5.91 Å². The standard InChI is InChI=1S/C14H21N3O3S/c1-4-9-17-21(19,20)12-7-5-11(6-8-12)13(18)16-10-14(2,3)15/h4-8,17H,1,9-10,15H2,2-3H3,(H,16,18). The number of rotatable bonds is 7. The van der Waals surface area contributed by atoms with Gasteiger partial charge in [-0.2, -0.15) is 0 Å². The van der Waals surface area contributed by atoms with Gasteiger partial charge in [-0.25, -0.2) is 13.1 Å². The number of hydrogen-bond donors (Lipinski definition) is 3. The lowest BCUT2D eigenvalue weighted by Gasteiger charge is -2.18. The van der Waals surface area contributed by atoms with E-state index in [1.807, 2.05) is 0 Å². The summed E-state index contributed by atoms with van der Waals surface area (Å²) in [5.74, 6) is -0.295. The van der Waals surface area contributed by atoms with E-state index in [1.165, 1.54) is 30.3 Å². The molecule has 6 nitrogen and oxygen atoms in total. The number of amides is 1. The number of benzene rings is 1. The molecule has 0 aliphatic heterocycles. The summed E-state index contributed by atoms with van der Waals surface area (Å²) in [7, 11) is -3.57. The topological polar surface area (TPSA) is 101 Å². The summed E-state index contributed by atoms with van der Waals surface area (Å²) in [5.41, 5.74) is 5.65. The average molecular weight is 311 g/mol. The molecule has 0 aliphatic rings. The van der Waals surface area contributed by atoms with Gasteiger partial charge >= 0.3 is 0 Å². The van der Waals surface area contributed by atoms with Crippen LogP contribution in [-0.4, -0.2) is 33.0 Å². The van der Waals surface area contributed by atoms with Gasteiger partial charge < -0.3 is 11.1 Å². The van der Waals surface area contributed by atoms with Gasteiger partial charge in [0.1, 0.15) is 0 Å². The van der Waals surface area contributed by atoms with E-state index in [-0.39, 0.29) is 17.3 Å². The Morgan fingerprint density at radius 1 is 1.33 bits per heavy atom. The summed E-state index contributed by atoms with van der Waals surface area (Å²) in [6, 6.07) is 5.69. The van der Waals surface area contributed by atoms with Crippen LogP contribution in [-0.2, 0) is 10.0 Å². The van der Waals surface area contributed by atoms with Gasteiger partial charge in [-0.1, -0.05) is 6.08 Å². The highest BCUT2D eigenvalue weighted by atomic mass is 32.2. The van der Waals surface area contributed by atoms with Crippen molar-refractivity contribution in [1.29, 1.82) is 0 Å². The molecule has 0 bridgehead atoms. The highest BCUT2D eigenvalue weighted by Crippen LogP contribution is 2.10. The molecule has 21 heavy (non-hydrogen) atoms. The van der Waals surface area contributed by atoms with E-state index in [2.05, 4.69) is 16.6 Å². The zero-order valence-corrected chi connectivity index (χ0v) is 13.0. The van der Waals surface area contributed by atoms with E-state index < -0.39 is 15.6 Å². The summed E-state index contributed by atoms with van der Waals surface area (Å²) in [6.07, 6.45) is 1.45. The third-order valence-corrected chi connectivity index (χ3v) is 3.99. The Balaban J connectivity index is 2.78. The second-order valence-electron chi connectivity index (χ2n) is 5.34. The number of nitrogens with two attached hydrogens (primary N) is 1. The highest BCUT2D eigenvalue weighted by molar-refractivity contribution is 7.89. The van der Waals surface area contributed by atoms with E-state index >= 15 is 0 Å². The number of hydrogen-bond acceptors (Lipinski definition) is 4. The number of carbonyl (C=O) groups is 1. The van der Waals surface area contributed by atoms with Crippen LogP contribution in [0.1, 0.15) is 24.2 Å². The van der Waals surface area contributed by atoms with Crippen LogP contribution < -0.4 is 15.8 Å². The van der Waals surface area contributed by atoms with E-state index in [4.69, 9.17) is 5.73 Å². The van der Waals surface area contributed by atoms with Crippen LogP contribution in [0.15, 0.2) is 41.8 Å².